The summed E-state index contributed by atoms with van der Waals surface area (Å²) >= 11 is 0. The second-order valence-electron chi connectivity index (χ2n) is 5.41. The quantitative estimate of drug-likeness (QED) is 0.712. The first-order valence-corrected chi connectivity index (χ1v) is 7.34. The second kappa shape index (κ2) is 8.92. The summed E-state index contributed by atoms with van der Waals surface area (Å²) in [5.74, 6) is 0.0628. The summed E-state index contributed by atoms with van der Waals surface area (Å²) in [7, 11) is 0. The van der Waals surface area contributed by atoms with Crippen LogP contribution in [0.5, 0.6) is 0 Å². The van der Waals surface area contributed by atoms with Gasteiger partial charge in [0, 0.05) is 52.1 Å². The van der Waals surface area contributed by atoms with Gasteiger partial charge in [-0.1, -0.05) is 13.8 Å². The van der Waals surface area contributed by atoms with Crippen molar-refractivity contribution in [1.29, 1.82) is 0 Å². The van der Waals surface area contributed by atoms with E-state index in [4.69, 9.17) is 4.74 Å². The lowest BCUT2D eigenvalue weighted by Gasteiger charge is -2.29. The van der Waals surface area contributed by atoms with Crippen molar-refractivity contribution in [3.05, 3.63) is 0 Å². The monoisotopic (exact) mass is 285 g/mol. The molecule has 1 heterocycles. The topological polar surface area (TPSA) is 61.9 Å². The van der Waals surface area contributed by atoms with Crippen molar-refractivity contribution >= 4 is 11.8 Å². The summed E-state index contributed by atoms with van der Waals surface area (Å²) in [6.07, 6.45) is 0. The molecule has 116 valence electrons. The van der Waals surface area contributed by atoms with Crippen molar-refractivity contribution in [3.8, 4) is 0 Å². The Morgan fingerprint density at radius 1 is 1.25 bits per heavy atom. The van der Waals surface area contributed by atoms with Gasteiger partial charge in [0.05, 0.1) is 13.2 Å². The van der Waals surface area contributed by atoms with Crippen LogP contribution in [-0.4, -0.2) is 74.1 Å². The predicted octanol–water partition coefficient (Wildman–Crippen LogP) is -0.0607. The summed E-state index contributed by atoms with van der Waals surface area (Å²) in [5, 5.41) is 2.84. The number of ether oxygens (including phenoxy) is 1. The average molecular weight is 285 g/mol. The van der Waals surface area contributed by atoms with Gasteiger partial charge in [0.2, 0.25) is 11.8 Å². The number of hydrogen-bond acceptors (Lipinski definition) is 4. The Bertz CT molecular complexity index is 315. The molecular weight excluding hydrogens is 258 g/mol. The SMILES string of the molecule is CC(=O)N(CCNC(=O)C(C)C)CCN1CCOCC1. The van der Waals surface area contributed by atoms with Crippen molar-refractivity contribution in [1.82, 2.24) is 15.1 Å². The van der Waals surface area contributed by atoms with Gasteiger partial charge < -0.3 is 15.0 Å². The third-order valence-corrected chi connectivity index (χ3v) is 3.44. The third kappa shape index (κ3) is 6.34. The molecule has 1 rings (SSSR count). The highest BCUT2D eigenvalue weighted by Gasteiger charge is 2.14. The summed E-state index contributed by atoms with van der Waals surface area (Å²) in [6.45, 7) is 11.3. The first-order valence-electron chi connectivity index (χ1n) is 7.34. The molecule has 0 atom stereocenters. The maximum atomic E-state index is 11.6. The lowest BCUT2D eigenvalue weighted by molar-refractivity contribution is -0.130. The molecule has 0 aromatic heterocycles. The van der Waals surface area contributed by atoms with Crippen molar-refractivity contribution in [2.75, 3.05) is 52.5 Å². The largest absolute Gasteiger partial charge is 0.379 e. The summed E-state index contributed by atoms with van der Waals surface area (Å²) in [5.41, 5.74) is 0. The smallest absolute Gasteiger partial charge is 0.222 e. The van der Waals surface area contributed by atoms with E-state index in [-0.39, 0.29) is 17.7 Å². The second-order valence-corrected chi connectivity index (χ2v) is 5.41. The van der Waals surface area contributed by atoms with Crippen LogP contribution in [0.3, 0.4) is 0 Å². The zero-order chi connectivity index (χ0) is 15.0. The lowest BCUT2D eigenvalue weighted by atomic mass is 10.2. The minimum Gasteiger partial charge on any atom is -0.379 e. The van der Waals surface area contributed by atoms with E-state index < -0.39 is 0 Å². The van der Waals surface area contributed by atoms with E-state index in [0.717, 1.165) is 32.8 Å². The number of carbonyl (C=O) groups excluding carboxylic acids is 2. The van der Waals surface area contributed by atoms with Gasteiger partial charge in [-0.2, -0.15) is 0 Å². The molecule has 0 spiro atoms. The Morgan fingerprint density at radius 3 is 2.45 bits per heavy atom. The van der Waals surface area contributed by atoms with E-state index in [2.05, 4.69) is 10.2 Å². The van der Waals surface area contributed by atoms with Gasteiger partial charge in [-0.3, -0.25) is 14.5 Å². The Hall–Kier alpha value is -1.14. The Kier molecular flexibility index (Phi) is 7.54. The van der Waals surface area contributed by atoms with Crippen LogP contribution in [0.15, 0.2) is 0 Å². The summed E-state index contributed by atoms with van der Waals surface area (Å²) < 4.78 is 5.30. The summed E-state index contributed by atoms with van der Waals surface area (Å²) in [6, 6.07) is 0. The zero-order valence-electron chi connectivity index (χ0n) is 12.9. The van der Waals surface area contributed by atoms with Crippen molar-refractivity contribution < 1.29 is 14.3 Å². The van der Waals surface area contributed by atoms with Gasteiger partial charge >= 0.3 is 0 Å². The lowest BCUT2D eigenvalue weighted by Crippen LogP contribution is -2.44. The van der Waals surface area contributed by atoms with Crippen LogP contribution < -0.4 is 5.32 Å². The van der Waals surface area contributed by atoms with Crippen LogP contribution in [0, 0.1) is 5.92 Å². The maximum absolute atomic E-state index is 11.6. The normalized spacial score (nSPS) is 16.2. The van der Waals surface area contributed by atoms with Crippen LogP contribution in [0.1, 0.15) is 20.8 Å². The molecule has 1 aliphatic rings. The first-order chi connectivity index (χ1) is 9.50. The number of rotatable bonds is 7. The molecular formula is C14H27N3O3. The highest BCUT2D eigenvalue weighted by atomic mass is 16.5. The molecule has 0 bridgehead atoms. The van der Waals surface area contributed by atoms with E-state index in [1.807, 2.05) is 13.8 Å². The number of nitrogens with one attached hydrogen (secondary N) is 1. The fraction of sp³-hybridized carbons (Fsp3) is 0.857. The molecule has 2 amide bonds. The molecule has 20 heavy (non-hydrogen) atoms. The Morgan fingerprint density at radius 2 is 1.90 bits per heavy atom. The third-order valence-electron chi connectivity index (χ3n) is 3.44. The molecule has 1 saturated heterocycles. The highest BCUT2D eigenvalue weighted by Crippen LogP contribution is 1.98. The van der Waals surface area contributed by atoms with Crippen LogP contribution in [0.2, 0.25) is 0 Å². The standard InChI is InChI=1S/C14H27N3O3/c1-12(2)14(19)15-4-5-17(13(3)18)7-6-16-8-10-20-11-9-16/h12H,4-11H2,1-3H3,(H,15,19). The Balaban J connectivity index is 2.25. The van der Waals surface area contributed by atoms with Gasteiger partial charge in [-0.15, -0.1) is 0 Å². The number of amides is 2. The van der Waals surface area contributed by atoms with E-state index >= 15 is 0 Å². The number of carbonyl (C=O) groups is 2. The predicted molar refractivity (Wildman–Crippen MR) is 77.4 cm³/mol. The molecule has 0 radical (unpaired) electrons. The molecule has 0 aliphatic carbocycles. The van der Waals surface area contributed by atoms with Gasteiger partial charge in [-0.25, -0.2) is 0 Å². The molecule has 1 fully saturated rings. The highest BCUT2D eigenvalue weighted by molar-refractivity contribution is 5.78. The van der Waals surface area contributed by atoms with E-state index in [0.29, 0.717) is 19.6 Å². The molecule has 0 saturated carbocycles. The van der Waals surface area contributed by atoms with Crippen LogP contribution in [0.25, 0.3) is 0 Å². The fourth-order valence-corrected chi connectivity index (χ4v) is 2.03. The first kappa shape index (κ1) is 16.9. The average Bonchev–Trinajstić information content (AvgIpc) is 2.42. The van der Waals surface area contributed by atoms with E-state index in [9.17, 15) is 9.59 Å². The van der Waals surface area contributed by atoms with Crippen LogP contribution >= 0.6 is 0 Å². The summed E-state index contributed by atoms with van der Waals surface area (Å²) in [4.78, 5) is 27.1. The molecule has 0 aromatic carbocycles. The fourth-order valence-electron chi connectivity index (χ4n) is 2.03. The number of hydrogen-bond donors (Lipinski definition) is 1. The van der Waals surface area contributed by atoms with E-state index in [1.54, 1.807) is 11.8 Å². The molecule has 0 aromatic rings. The molecule has 6 heteroatoms. The van der Waals surface area contributed by atoms with Crippen LogP contribution in [0.4, 0.5) is 0 Å². The van der Waals surface area contributed by atoms with Gasteiger partial charge in [-0.05, 0) is 0 Å². The maximum Gasteiger partial charge on any atom is 0.222 e. The minimum atomic E-state index is -0.0193. The van der Waals surface area contributed by atoms with Gasteiger partial charge in [0.15, 0.2) is 0 Å². The van der Waals surface area contributed by atoms with E-state index in [1.165, 1.54) is 0 Å². The molecule has 0 unspecified atom stereocenters. The van der Waals surface area contributed by atoms with Gasteiger partial charge in [0.1, 0.15) is 0 Å². The zero-order valence-corrected chi connectivity index (χ0v) is 12.9. The Labute approximate surface area is 121 Å². The molecule has 1 N–H and O–H groups in total. The van der Waals surface area contributed by atoms with Crippen molar-refractivity contribution in [2.45, 2.75) is 20.8 Å². The van der Waals surface area contributed by atoms with Gasteiger partial charge in [0.25, 0.3) is 0 Å². The minimum absolute atomic E-state index is 0.0193. The van der Waals surface area contributed by atoms with Crippen LogP contribution in [-0.2, 0) is 14.3 Å². The molecule has 6 nitrogen and oxygen atoms in total. The van der Waals surface area contributed by atoms with Crippen molar-refractivity contribution in [3.63, 3.8) is 0 Å². The number of nitrogens with zero attached hydrogens (tertiary/aromatic N) is 2. The molecule has 1 aliphatic heterocycles. The number of morpholine rings is 1. The van der Waals surface area contributed by atoms with Crippen molar-refractivity contribution in [2.24, 2.45) is 5.92 Å².